The molecular formula is C40H43N5O5Si. The van der Waals surface area contributed by atoms with Crippen LogP contribution in [0.5, 0.6) is 0 Å². The summed E-state index contributed by atoms with van der Waals surface area (Å²) in [6.07, 6.45) is 2.65. The molecule has 4 aromatic carbocycles. The summed E-state index contributed by atoms with van der Waals surface area (Å²) in [7, 11) is -2.93. The highest BCUT2D eigenvalue weighted by Gasteiger charge is 2.66. The largest absolute Gasteiger partial charge is 0.432 e. The first kappa shape index (κ1) is 34.5. The van der Waals surface area contributed by atoms with Gasteiger partial charge in [-0.3, -0.25) is 19.2 Å². The molecule has 3 heterocycles. The molecule has 2 aliphatic heterocycles. The Morgan fingerprint density at radius 2 is 1.63 bits per heavy atom. The van der Waals surface area contributed by atoms with Gasteiger partial charge in [0.15, 0.2) is 13.9 Å². The van der Waals surface area contributed by atoms with Crippen molar-refractivity contribution in [2.24, 2.45) is 5.92 Å². The molecule has 1 fully saturated rings. The number of aliphatic hydroxyl groups is 1. The Balaban J connectivity index is 1.25. The van der Waals surface area contributed by atoms with Gasteiger partial charge in [0.05, 0.1) is 36.6 Å². The normalized spacial score (nSPS) is 21.9. The van der Waals surface area contributed by atoms with Gasteiger partial charge in [-0.2, -0.15) is 0 Å². The smallest absolute Gasteiger partial charge is 0.264 e. The van der Waals surface area contributed by atoms with Crippen LogP contribution >= 0.6 is 0 Å². The van der Waals surface area contributed by atoms with Gasteiger partial charge in [0, 0.05) is 41.1 Å². The van der Waals surface area contributed by atoms with Gasteiger partial charge < -0.3 is 19.5 Å². The lowest BCUT2D eigenvalue weighted by Gasteiger charge is -2.32. The molecular weight excluding hydrogens is 659 g/mol. The molecule has 10 nitrogen and oxygen atoms in total. The first-order valence-electron chi connectivity index (χ1n) is 17.4. The van der Waals surface area contributed by atoms with Gasteiger partial charge >= 0.3 is 0 Å². The quantitative estimate of drug-likeness (QED) is 0.119. The summed E-state index contributed by atoms with van der Waals surface area (Å²) in [5, 5.41) is 19.0. The maximum atomic E-state index is 15.0. The number of rotatable bonds is 12. The van der Waals surface area contributed by atoms with Crippen LogP contribution in [0.4, 0.5) is 17.1 Å². The van der Waals surface area contributed by atoms with Crippen molar-refractivity contribution in [2.45, 2.75) is 62.7 Å². The molecule has 0 saturated carbocycles. The van der Waals surface area contributed by atoms with Gasteiger partial charge in [-0.1, -0.05) is 91.0 Å². The van der Waals surface area contributed by atoms with E-state index in [2.05, 4.69) is 10.3 Å². The van der Waals surface area contributed by atoms with Gasteiger partial charge in [0.25, 0.3) is 5.91 Å². The molecule has 0 bridgehead atoms. The van der Waals surface area contributed by atoms with E-state index in [4.69, 9.17) is 4.74 Å². The summed E-state index contributed by atoms with van der Waals surface area (Å²) in [6, 6.07) is 34.6. The van der Waals surface area contributed by atoms with Crippen molar-refractivity contribution in [3.63, 3.8) is 0 Å². The Hall–Kier alpha value is -4.94. The minimum absolute atomic E-state index is 0.102. The summed E-state index contributed by atoms with van der Waals surface area (Å²) >= 11 is 0. The number of para-hydroxylation sites is 1. The van der Waals surface area contributed by atoms with E-state index in [0.717, 1.165) is 23.2 Å². The first-order chi connectivity index (χ1) is 24.7. The molecule has 1 spiro atoms. The summed E-state index contributed by atoms with van der Waals surface area (Å²) < 4.78 is 8.83. The van der Waals surface area contributed by atoms with E-state index in [1.165, 1.54) is 0 Å². The van der Waals surface area contributed by atoms with Gasteiger partial charge in [-0.15, -0.1) is 5.10 Å². The molecule has 0 radical (unpaired) electrons. The Bertz CT molecular complexity index is 1990. The third-order valence-electron chi connectivity index (χ3n) is 10.5. The predicted molar refractivity (Wildman–Crippen MR) is 198 cm³/mol. The number of aliphatic hydroxyl groups excluding tert-OH is 1. The van der Waals surface area contributed by atoms with Crippen LogP contribution in [0.1, 0.15) is 41.6 Å². The van der Waals surface area contributed by atoms with Gasteiger partial charge in [0.2, 0.25) is 6.41 Å². The average Bonchev–Trinajstić information content (AvgIpc) is 3.79. The van der Waals surface area contributed by atoms with Crippen molar-refractivity contribution in [1.82, 2.24) is 15.0 Å². The number of carbonyl (C=O) groups is 2. The number of aromatic nitrogens is 3. The zero-order valence-electron chi connectivity index (χ0n) is 29.0. The Morgan fingerprint density at radius 3 is 2.27 bits per heavy atom. The zero-order chi connectivity index (χ0) is 35.8. The molecule has 1 unspecified atom stereocenters. The lowest BCUT2D eigenvalue weighted by Crippen LogP contribution is -2.46. The molecule has 2 aliphatic rings. The number of benzene rings is 4. The third-order valence-corrected chi connectivity index (χ3v) is 13.0. The molecule has 1 saturated heterocycles. The number of ether oxygens (including phenoxy) is 1. The van der Waals surface area contributed by atoms with Crippen LogP contribution < -0.4 is 9.80 Å². The molecule has 1 aromatic heterocycles. The Kier molecular flexibility index (Phi) is 9.47. The lowest BCUT2D eigenvalue weighted by molar-refractivity contribution is -0.146. The second-order valence-electron chi connectivity index (χ2n) is 14.1. The number of amides is 2. The third kappa shape index (κ3) is 6.31. The van der Waals surface area contributed by atoms with E-state index in [9.17, 15) is 19.5 Å². The fraction of sp³-hybridized carbons (Fsp3) is 0.300. The number of hydrogen-bond acceptors (Lipinski definition) is 7. The summed E-state index contributed by atoms with van der Waals surface area (Å²) in [5.74, 6) is -0.853. The van der Waals surface area contributed by atoms with Crippen LogP contribution in [0.2, 0.25) is 18.6 Å². The van der Waals surface area contributed by atoms with Gasteiger partial charge in [-0.25, -0.2) is 0 Å². The monoisotopic (exact) mass is 701 g/mol. The zero-order valence-corrected chi connectivity index (χ0v) is 30.0. The van der Waals surface area contributed by atoms with Crippen LogP contribution in [0, 0.1) is 5.92 Å². The first-order valence-corrected chi connectivity index (χ1v) is 20.4. The minimum Gasteiger partial charge on any atom is -0.432 e. The summed E-state index contributed by atoms with van der Waals surface area (Å²) in [4.78, 5) is 42.6. The standard InChI is InChI=1S/C40H43N5O5Si/c1-28-38(51(2,3)49)37(21-22-43-25-35(41-42-43)33(26-46)30-15-9-5-10-16-30)50-40(28)34-23-32(45(27-47)31-17-11-6-12-18-31)19-20-36(34)44(39(40)48)24-29-13-7-4-8-14-29/h4-20,23,25,27-28,33,37-38,46,49H,21-22,24,26H2,1-3H3/t28-,33?,37+,38-,40+/m1/s1. The maximum Gasteiger partial charge on any atom is 0.264 e. The topological polar surface area (TPSA) is 121 Å². The number of carbonyl (C=O) groups excluding carboxylic acids is 2. The fourth-order valence-corrected chi connectivity index (χ4v) is 10.8. The highest BCUT2D eigenvalue weighted by Crippen LogP contribution is 2.60. The van der Waals surface area contributed by atoms with Crippen LogP contribution in [0.25, 0.3) is 0 Å². The van der Waals surface area contributed by atoms with Crippen LogP contribution in [0.15, 0.2) is 115 Å². The lowest BCUT2D eigenvalue weighted by atomic mass is 9.82. The average molecular weight is 702 g/mol. The molecule has 5 atom stereocenters. The molecule has 5 aromatic rings. The highest BCUT2D eigenvalue weighted by atomic mass is 28.4. The van der Waals surface area contributed by atoms with Gasteiger partial charge in [-0.05, 0) is 61.0 Å². The SMILES string of the molecule is C[C@@H]1[C@@H]([Si](C)(C)O)[C@H](CCn2cc(C(CO)c3ccccc3)nn2)O[C@@]12C(=O)N(Cc1ccccc1)c1ccc(N(C=O)c3ccccc3)cc12. The van der Waals surface area contributed by atoms with Crippen molar-refractivity contribution in [3.05, 3.63) is 138 Å². The van der Waals surface area contributed by atoms with E-state index >= 15 is 0 Å². The number of aryl methyl sites for hydroxylation is 1. The number of anilines is 3. The minimum atomic E-state index is -2.93. The van der Waals surface area contributed by atoms with E-state index in [1.807, 2.05) is 135 Å². The molecule has 0 aliphatic carbocycles. The van der Waals surface area contributed by atoms with Crippen molar-refractivity contribution in [2.75, 3.05) is 16.4 Å². The second kappa shape index (κ2) is 14.0. The van der Waals surface area contributed by atoms with Crippen LogP contribution in [-0.2, 0) is 33.0 Å². The van der Waals surface area contributed by atoms with Crippen molar-refractivity contribution in [3.8, 4) is 0 Å². The maximum absolute atomic E-state index is 15.0. The summed E-state index contributed by atoms with van der Waals surface area (Å²) in [6.45, 7) is 6.52. The Morgan fingerprint density at radius 1 is 0.961 bits per heavy atom. The van der Waals surface area contributed by atoms with E-state index in [1.54, 1.807) is 14.5 Å². The van der Waals surface area contributed by atoms with E-state index < -0.39 is 20.0 Å². The fourth-order valence-electron chi connectivity index (χ4n) is 8.16. The van der Waals surface area contributed by atoms with Crippen LogP contribution in [0.3, 0.4) is 0 Å². The molecule has 2 N–H and O–H groups in total. The second-order valence-corrected chi connectivity index (χ2v) is 18.1. The molecule has 51 heavy (non-hydrogen) atoms. The van der Waals surface area contributed by atoms with E-state index in [0.29, 0.717) is 42.1 Å². The van der Waals surface area contributed by atoms with Crippen molar-refractivity contribution in [1.29, 1.82) is 0 Å². The van der Waals surface area contributed by atoms with Crippen molar-refractivity contribution < 1.29 is 24.2 Å². The molecule has 7 rings (SSSR count). The molecule has 262 valence electrons. The predicted octanol–water partition coefficient (Wildman–Crippen LogP) is 6.13. The molecule has 2 amide bonds. The van der Waals surface area contributed by atoms with Crippen LogP contribution in [-0.4, -0.2) is 58.2 Å². The van der Waals surface area contributed by atoms with Crippen molar-refractivity contribution >= 4 is 37.7 Å². The van der Waals surface area contributed by atoms with E-state index in [-0.39, 0.29) is 29.9 Å². The summed E-state index contributed by atoms with van der Waals surface area (Å²) in [5.41, 5.74) is 3.67. The number of fused-ring (bicyclic) bond motifs is 2. The van der Waals surface area contributed by atoms with Gasteiger partial charge in [0.1, 0.15) is 0 Å². The highest BCUT2D eigenvalue weighted by molar-refractivity contribution is 6.71. The number of hydrogen-bond donors (Lipinski definition) is 2. The Labute approximate surface area is 299 Å². The number of nitrogens with zero attached hydrogens (tertiary/aromatic N) is 5. The molecule has 11 heteroatoms.